The van der Waals surface area contributed by atoms with Gasteiger partial charge in [0.25, 0.3) is 0 Å². The highest BCUT2D eigenvalue weighted by Gasteiger charge is 2.18. The molecule has 0 aliphatic carbocycles. The van der Waals surface area contributed by atoms with Crippen molar-refractivity contribution >= 4 is 5.97 Å². The number of ether oxygens (including phenoxy) is 2. The van der Waals surface area contributed by atoms with Crippen LogP contribution in [0.1, 0.15) is 19.4 Å². The van der Waals surface area contributed by atoms with E-state index in [0.717, 1.165) is 12.0 Å². The summed E-state index contributed by atoms with van der Waals surface area (Å²) >= 11 is 0. The zero-order valence-electron chi connectivity index (χ0n) is 10.2. The number of hydrogen-bond donors (Lipinski definition) is 1. The zero-order valence-corrected chi connectivity index (χ0v) is 10.2. The molecule has 17 heavy (non-hydrogen) atoms. The van der Waals surface area contributed by atoms with E-state index in [1.807, 2.05) is 24.3 Å². The van der Waals surface area contributed by atoms with Gasteiger partial charge in [-0.05, 0) is 31.0 Å². The monoisotopic (exact) mass is 238 g/mol. The van der Waals surface area contributed by atoms with E-state index in [4.69, 9.17) is 14.6 Å². The molecule has 4 heteroatoms. The van der Waals surface area contributed by atoms with Crippen LogP contribution in [0.3, 0.4) is 0 Å². The molecule has 0 bridgehead atoms. The van der Waals surface area contributed by atoms with E-state index < -0.39 is 12.1 Å². The van der Waals surface area contributed by atoms with Gasteiger partial charge in [0.1, 0.15) is 12.4 Å². The van der Waals surface area contributed by atoms with Gasteiger partial charge in [-0.1, -0.05) is 19.1 Å². The number of rotatable bonds is 7. The Kier molecular flexibility index (Phi) is 5.49. The average Bonchev–Trinajstić information content (AvgIpc) is 2.34. The van der Waals surface area contributed by atoms with E-state index in [1.54, 1.807) is 6.92 Å². The van der Waals surface area contributed by atoms with Gasteiger partial charge in [0.2, 0.25) is 0 Å². The summed E-state index contributed by atoms with van der Waals surface area (Å²) in [6.45, 7) is 4.19. The van der Waals surface area contributed by atoms with Crippen molar-refractivity contribution in [1.29, 1.82) is 0 Å². The molecule has 1 rings (SSSR count). The highest BCUT2D eigenvalue weighted by atomic mass is 16.5. The second-order valence-electron chi connectivity index (χ2n) is 3.59. The third kappa shape index (κ3) is 4.44. The first-order valence-electron chi connectivity index (χ1n) is 5.73. The van der Waals surface area contributed by atoms with Crippen molar-refractivity contribution in [2.75, 3.05) is 13.2 Å². The van der Waals surface area contributed by atoms with Crippen molar-refractivity contribution in [2.24, 2.45) is 0 Å². The molecule has 0 heterocycles. The molecule has 1 atom stereocenters. The zero-order chi connectivity index (χ0) is 12.7. The Labute approximate surface area is 101 Å². The molecule has 0 aromatic heterocycles. The first-order chi connectivity index (χ1) is 8.17. The molecule has 0 saturated heterocycles. The third-order valence-corrected chi connectivity index (χ3v) is 2.35. The summed E-state index contributed by atoms with van der Waals surface area (Å²) in [5.41, 5.74) is 1.16. The molecule has 1 N–H and O–H groups in total. The van der Waals surface area contributed by atoms with Gasteiger partial charge in [0.15, 0.2) is 6.10 Å². The van der Waals surface area contributed by atoms with Gasteiger partial charge >= 0.3 is 5.97 Å². The Hall–Kier alpha value is -1.55. The molecule has 1 unspecified atom stereocenters. The predicted octanol–water partition coefficient (Wildman–Crippen LogP) is 2.12. The molecule has 0 amide bonds. The number of aryl methyl sites for hydroxylation is 1. The largest absolute Gasteiger partial charge is 0.490 e. The lowest BCUT2D eigenvalue weighted by Crippen LogP contribution is -2.30. The van der Waals surface area contributed by atoms with Crippen molar-refractivity contribution < 1.29 is 19.4 Å². The van der Waals surface area contributed by atoms with Crippen LogP contribution in [0.15, 0.2) is 24.3 Å². The van der Waals surface area contributed by atoms with Crippen molar-refractivity contribution in [3.63, 3.8) is 0 Å². The second-order valence-corrected chi connectivity index (χ2v) is 3.59. The molecule has 0 fully saturated rings. The van der Waals surface area contributed by atoms with E-state index in [-0.39, 0.29) is 6.61 Å². The van der Waals surface area contributed by atoms with Gasteiger partial charge in [-0.3, -0.25) is 0 Å². The van der Waals surface area contributed by atoms with Gasteiger partial charge in [-0.25, -0.2) is 4.79 Å². The molecule has 94 valence electrons. The maximum Gasteiger partial charge on any atom is 0.336 e. The Morgan fingerprint density at radius 2 is 2.18 bits per heavy atom. The Bertz CT molecular complexity index is 362. The molecular formula is C13H18O4. The summed E-state index contributed by atoms with van der Waals surface area (Å²) in [5, 5.41) is 8.88. The second kappa shape index (κ2) is 6.91. The molecule has 0 radical (unpaired) electrons. The summed E-state index contributed by atoms with van der Waals surface area (Å²) < 4.78 is 10.5. The van der Waals surface area contributed by atoms with E-state index in [2.05, 4.69) is 6.92 Å². The van der Waals surface area contributed by atoms with Crippen LogP contribution in [0.2, 0.25) is 0 Å². The molecular weight excluding hydrogens is 220 g/mol. The van der Waals surface area contributed by atoms with Crippen LogP contribution in [0, 0.1) is 0 Å². The quantitative estimate of drug-likeness (QED) is 0.790. The van der Waals surface area contributed by atoms with Crippen molar-refractivity contribution in [2.45, 2.75) is 26.4 Å². The third-order valence-electron chi connectivity index (χ3n) is 2.35. The standard InChI is InChI=1S/C13H18O4/c1-3-10-6-5-7-11(8-10)17-9-12(13(14)15)16-4-2/h5-8,12H,3-4,9H2,1-2H3,(H,14,15). The lowest BCUT2D eigenvalue weighted by Gasteiger charge is -2.13. The number of benzene rings is 1. The maximum absolute atomic E-state index is 10.8. The van der Waals surface area contributed by atoms with Crippen molar-refractivity contribution in [3.05, 3.63) is 29.8 Å². The fourth-order valence-corrected chi connectivity index (χ4v) is 1.42. The van der Waals surface area contributed by atoms with Crippen LogP contribution in [0.5, 0.6) is 5.75 Å². The number of aliphatic carboxylic acids is 1. The highest BCUT2D eigenvalue weighted by Crippen LogP contribution is 2.14. The minimum absolute atomic E-state index is 0.0241. The van der Waals surface area contributed by atoms with Gasteiger partial charge in [-0.2, -0.15) is 0 Å². The maximum atomic E-state index is 10.8. The molecule has 0 aliphatic heterocycles. The number of carboxylic acid groups (broad SMARTS) is 1. The fraction of sp³-hybridized carbons (Fsp3) is 0.462. The number of carbonyl (C=O) groups is 1. The van der Waals surface area contributed by atoms with Crippen LogP contribution in [0.4, 0.5) is 0 Å². The van der Waals surface area contributed by atoms with Crippen LogP contribution >= 0.6 is 0 Å². The summed E-state index contributed by atoms with van der Waals surface area (Å²) in [4.78, 5) is 10.8. The Balaban J connectivity index is 2.55. The predicted molar refractivity (Wildman–Crippen MR) is 64.4 cm³/mol. The number of carboxylic acids is 1. The minimum Gasteiger partial charge on any atom is -0.490 e. The van der Waals surface area contributed by atoms with Crippen LogP contribution in [-0.2, 0) is 16.0 Å². The molecule has 0 aliphatic rings. The van der Waals surface area contributed by atoms with E-state index in [1.165, 1.54) is 0 Å². The van der Waals surface area contributed by atoms with Gasteiger partial charge < -0.3 is 14.6 Å². The molecule has 1 aromatic rings. The average molecular weight is 238 g/mol. The van der Waals surface area contributed by atoms with Gasteiger partial charge in [0.05, 0.1) is 0 Å². The van der Waals surface area contributed by atoms with Crippen LogP contribution in [-0.4, -0.2) is 30.4 Å². The normalized spacial score (nSPS) is 12.1. The Morgan fingerprint density at radius 3 is 2.76 bits per heavy atom. The smallest absolute Gasteiger partial charge is 0.336 e. The van der Waals surface area contributed by atoms with E-state index in [9.17, 15) is 4.79 Å². The number of hydrogen-bond acceptors (Lipinski definition) is 3. The Morgan fingerprint density at radius 1 is 1.41 bits per heavy atom. The van der Waals surface area contributed by atoms with E-state index >= 15 is 0 Å². The first kappa shape index (κ1) is 13.5. The minimum atomic E-state index is -1.00. The van der Waals surface area contributed by atoms with Crippen molar-refractivity contribution in [3.8, 4) is 5.75 Å². The molecule has 1 aromatic carbocycles. The van der Waals surface area contributed by atoms with Gasteiger partial charge in [0, 0.05) is 6.61 Å². The molecule has 0 spiro atoms. The van der Waals surface area contributed by atoms with Crippen molar-refractivity contribution in [1.82, 2.24) is 0 Å². The van der Waals surface area contributed by atoms with E-state index in [0.29, 0.717) is 12.4 Å². The first-order valence-corrected chi connectivity index (χ1v) is 5.73. The van der Waals surface area contributed by atoms with Gasteiger partial charge in [-0.15, -0.1) is 0 Å². The van der Waals surface area contributed by atoms with Crippen LogP contribution in [0.25, 0.3) is 0 Å². The molecule has 4 nitrogen and oxygen atoms in total. The lowest BCUT2D eigenvalue weighted by molar-refractivity contribution is -0.152. The highest BCUT2D eigenvalue weighted by molar-refractivity contribution is 5.72. The SMILES string of the molecule is CCOC(COc1cccc(CC)c1)C(=O)O. The topological polar surface area (TPSA) is 55.8 Å². The fourth-order valence-electron chi connectivity index (χ4n) is 1.42. The summed E-state index contributed by atoms with van der Waals surface area (Å²) in [6.07, 6.45) is 0.00987. The lowest BCUT2D eigenvalue weighted by atomic mass is 10.2. The summed E-state index contributed by atoms with van der Waals surface area (Å²) in [5.74, 6) is -0.325. The summed E-state index contributed by atoms with van der Waals surface area (Å²) in [7, 11) is 0. The van der Waals surface area contributed by atoms with Crippen LogP contribution < -0.4 is 4.74 Å². The summed E-state index contributed by atoms with van der Waals surface area (Å²) in [6, 6.07) is 7.61. The molecule has 0 saturated carbocycles.